The minimum Gasteiger partial charge on any atom is -0.301 e. The van der Waals surface area contributed by atoms with Crippen LogP contribution in [0.4, 0.5) is 0 Å². The van der Waals surface area contributed by atoms with E-state index in [0.717, 1.165) is 17.1 Å². The van der Waals surface area contributed by atoms with E-state index in [1.165, 1.54) is 76.5 Å². The summed E-state index contributed by atoms with van der Waals surface area (Å²) in [4.78, 5) is 0. The van der Waals surface area contributed by atoms with Gasteiger partial charge in [0.2, 0.25) is 0 Å². The number of nitrogens with one attached hydrogen (secondary N) is 1. The first-order valence-corrected chi connectivity index (χ1v) is 8.91. The molecule has 0 radical (unpaired) electrons. The summed E-state index contributed by atoms with van der Waals surface area (Å²) in [6.07, 6.45) is 16.2. The van der Waals surface area contributed by atoms with Crippen LogP contribution in [-0.4, -0.2) is 14.8 Å². The van der Waals surface area contributed by atoms with Crippen LogP contribution in [0.5, 0.6) is 0 Å². The van der Waals surface area contributed by atoms with E-state index in [4.69, 9.17) is 12.2 Å². The van der Waals surface area contributed by atoms with Crippen molar-refractivity contribution in [2.45, 2.75) is 83.1 Å². The van der Waals surface area contributed by atoms with Crippen LogP contribution in [0.25, 0.3) is 0 Å². The molecule has 3 rings (SSSR count). The molecular weight excluding hydrogens is 266 g/mol. The van der Waals surface area contributed by atoms with E-state index in [0.29, 0.717) is 6.04 Å². The summed E-state index contributed by atoms with van der Waals surface area (Å²) in [5.41, 5.74) is 0. The molecule has 1 heterocycles. The van der Waals surface area contributed by atoms with Gasteiger partial charge in [-0.3, -0.25) is 5.10 Å². The molecule has 0 atom stereocenters. The van der Waals surface area contributed by atoms with E-state index in [-0.39, 0.29) is 0 Å². The van der Waals surface area contributed by atoms with E-state index in [1.807, 2.05) is 0 Å². The zero-order chi connectivity index (χ0) is 13.8. The maximum atomic E-state index is 5.47. The molecule has 1 N–H and O–H groups in total. The Bertz CT molecular complexity index is 464. The minimum atomic E-state index is 0.608. The second-order valence-corrected chi connectivity index (χ2v) is 7.04. The van der Waals surface area contributed by atoms with Crippen molar-refractivity contribution in [2.24, 2.45) is 5.92 Å². The molecule has 3 nitrogen and oxygen atoms in total. The Labute approximate surface area is 127 Å². The molecule has 4 heteroatoms. The van der Waals surface area contributed by atoms with Gasteiger partial charge in [-0.05, 0) is 37.4 Å². The number of nitrogens with zero attached hydrogens (tertiary/aromatic N) is 2. The Hall–Kier alpha value is -0.640. The smallest absolute Gasteiger partial charge is 0.195 e. The van der Waals surface area contributed by atoms with E-state index in [2.05, 4.69) is 14.8 Å². The number of aryl methyl sites for hydroxylation is 1. The molecule has 2 saturated carbocycles. The molecule has 0 aliphatic heterocycles. The first kappa shape index (κ1) is 14.3. The zero-order valence-corrected chi connectivity index (χ0v) is 13.3. The van der Waals surface area contributed by atoms with Crippen molar-refractivity contribution in [2.75, 3.05) is 0 Å². The molecule has 0 bridgehead atoms. The lowest BCUT2D eigenvalue weighted by Crippen LogP contribution is -2.17. The first-order chi connectivity index (χ1) is 9.84. The quantitative estimate of drug-likeness (QED) is 0.796. The van der Waals surface area contributed by atoms with Crippen molar-refractivity contribution in [3.8, 4) is 0 Å². The lowest BCUT2D eigenvalue weighted by atomic mass is 9.86. The molecule has 0 saturated heterocycles. The van der Waals surface area contributed by atoms with Gasteiger partial charge < -0.3 is 4.57 Å². The third kappa shape index (κ3) is 3.33. The number of hydrogen-bond acceptors (Lipinski definition) is 2. The van der Waals surface area contributed by atoms with Crippen LogP contribution >= 0.6 is 12.2 Å². The summed E-state index contributed by atoms with van der Waals surface area (Å²) in [7, 11) is 0. The molecule has 2 aliphatic carbocycles. The van der Waals surface area contributed by atoms with Crippen molar-refractivity contribution >= 4 is 12.2 Å². The molecule has 0 amide bonds. The van der Waals surface area contributed by atoms with Gasteiger partial charge in [0.05, 0.1) is 0 Å². The van der Waals surface area contributed by atoms with Crippen molar-refractivity contribution in [3.05, 3.63) is 10.6 Å². The van der Waals surface area contributed by atoms with E-state index < -0.39 is 0 Å². The van der Waals surface area contributed by atoms with Crippen LogP contribution in [0.15, 0.2) is 0 Å². The predicted molar refractivity (Wildman–Crippen MR) is 84.4 cm³/mol. The lowest BCUT2D eigenvalue weighted by molar-refractivity contribution is 0.321. The fraction of sp³-hybridized carbons (Fsp3) is 0.875. The normalized spacial score (nSPS) is 22.2. The summed E-state index contributed by atoms with van der Waals surface area (Å²) in [5, 5.41) is 7.56. The van der Waals surface area contributed by atoms with Crippen LogP contribution in [0.3, 0.4) is 0 Å². The topological polar surface area (TPSA) is 33.6 Å². The summed E-state index contributed by atoms with van der Waals surface area (Å²) < 4.78 is 3.19. The average molecular weight is 293 g/mol. The van der Waals surface area contributed by atoms with Crippen molar-refractivity contribution < 1.29 is 0 Å². The summed E-state index contributed by atoms with van der Waals surface area (Å²) in [6, 6.07) is 0.608. The highest BCUT2D eigenvalue weighted by Crippen LogP contribution is 2.31. The Morgan fingerprint density at radius 2 is 1.65 bits per heavy atom. The van der Waals surface area contributed by atoms with Crippen molar-refractivity contribution in [1.29, 1.82) is 0 Å². The maximum absolute atomic E-state index is 5.47. The minimum absolute atomic E-state index is 0.608. The molecule has 0 spiro atoms. The van der Waals surface area contributed by atoms with Gasteiger partial charge in [0.1, 0.15) is 5.82 Å². The molecular formula is C16H27N3S. The third-order valence-corrected chi connectivity index (χ3v) is 5.51. The second-order valence-electron chi connectivity index (χ2n) is 6.65. The first-order valence-electron chi connectivity index (χ1n) is 8.50. The predicted octanol–water partition coefficient (Wildman–Crippen LogP) is 4.96. The molecule has 2 aliphatic rings. The van der Waals surface area contributed by atoms with Gasteiger partial charge in [0.15, 0.2) is 4.77 Å². The third-order valence-electron chi connectivity index (χ3n) is 5.22. The number of hydrogen-bond donors (Lipinski definition) is 1. The van der Waals surface area contributed by atoms with Crippen molar-refractivity contribution in [3.63, 3.8) is 0 Å². The molecule has 2 fully saturated rings. The summed E-state index contributed by atoms with van der Waals surface area (Å²) >= 11 is 5.47. The fourth-order valence-electron chi connectivity index (χ4n) is 4.04. The number of aromatic nitrogens is 3. The van der Waals surface area contributed by atoms with Crippen LogP contribution in [-0.2, 0) is 6.42 Å². The second kappa shape index (κ2) is 6.88. The molecule has 1 aromatic rings. The summed E-state index contributed by atoms with van der Waals surface area (Å²) in [6.45, 7) is 0. The number of H-pyrrole nitrogens is 1. The Morgan fingerprint density at radius 1 is 1.00 bits per heavy atom. The van der Waals surface area contributed by atoms with Gasteiger partial charge in [0, 0.05) is 12.5 Å². The molecule has 20 heavy (non-hydrogen) atoms. The molecule has 0 unspecified atom stereocenters. The zero-order valence-electron chi connectivity index (χ0n) is 12.4. The number of rotatable bonds is 4. The van der Waals surface area contributed by atoms with Crippen LogP contribution in [0.2, 0.25) is 0 Å². The van der Waals surface area contributed by atoms with E-state index in [9.17, 15) is 0 Å². The average Bonchev–Trinajstić information content (AvgIpc) is 2.88. The highest BCUT2D eigenvalue weighted by atomic mass is 32.1. The Kier molecular flexibility index (Phi) is 4.92. The number of aromatic amines is 1. The van der Waals surface area contributed by atoms with Gasteiger partial charge in [0.25, 0.3) is 0 Å². The van der Waals surface area contributed by atoms with Gasteiger partial charge in [-0.15, -0.1) is 0 Å². The van der Waals surface area contributed by atoms with E-state index >= 15 is 0 Å². The highest BCUT2D eigenvalue weighted by Gasteiger charge is 2.21. The van der Waals surface area contributed by atoms with Crippen molar-refractivity contribution in [1.82, 2.24) is 14.8 Å². The van der Waals surface area contributed by atoms with Gasteiger partial charge in [-0.25, -0.2) is 0 Å². The van der Waals surface area contributed by atoms with Gasteiger partial charge in [-0.1, -0.05) is 51.4 Å². The van der Waals surface area contributed by atoms with Crippen LogP contribution in [0.1, 0.15) is 82.5 Å². The largest absolute Gasteiger partial charge is 0.301 e. The van der Waals surface area contributed by atoms with Crippen LogP contribution < -0.4 is 0 Å². The van der Waals surface area contributed by atoms with Gasteiger partial charge in [-0.2, -0.15) is 5.10 Å². The monoisotopic (exact) mass is 293 g/mol. The SMILES string of the molecule is S=c1[nH]nc(CCC2CCCCC2)n1C1CCCCC1. The van der Waals surface area contributed by atoms with Crippen LogP contribution in [0, 0.1) is 10.7 Å². The Morgan fingerprint density at radius 3 is 2.35 bits per heavy atom. The van der Waals surface area contributed by atoms with E-state index in [1.54, 1.807) is 0 Å². The highest BCUT2D eigenvalue weighted by molar-refractivity contribution is 7.71. The standard InChI is InChI=1S/C16H27N3S/c20-16-18-17-15(12-11-13-7-3-1-4-8-13)19(16)14-9-5-2-6-10-14/h13-14H,1-12H2,(H,18,20). The van der Waals surface area contributed by atoms with Gasteiger partial charge >= 0.3 is 0 Å². The summed E-state index contributed by atoms with van der Waals surface area (Å²) in [5.74, 6) is 2.14. The molecule has 1 aromatic heterocycles. The lowest BCUT2D eigenvalue weighted by Gasteiger charge is -2.25. The maximum Gasteiger partial charge on any atom is 0.195 e. The Balaban J connectivity index is 1.65. The molecule has 112 valence electrons. The molecule has 0 aromatic carbocycles. The fourth-order valence-corrected chi connectivity index (χ4v) is 4.34.